The third-order valence-corrected chi connectivity index (χ3v) is 4.29. The van der Waals surface area contributed by atoms with Crippen molar-refractivity contribution in [1.82, 2.24) is 4.98 Å². The van der Waals surface area contributed by atoms with Gasteiger partial charge in [-0.25, -0.2) is 4.98 Å². The zero-order valence-corrected chi connectivity index (χ0v) is 15.8. The Labute approximate surface area is 148 Å². The zero-order chi connectivity index (χ0) is 18.3. The second-order valence-corrected chi connectivity index (χ2v) is 8.45. The number of rotatable bonds is 2. The number of pyridine rings is 1. The van der Waals surface area contributed by atoms with Crippen molar-refractivity contribution in [2.75, 3.05) is 0 Å². The number of nitrogens with zero attached hydrogens (tertiary/aromatic N) is 1. The minimum absolute atomic E-state index is 0.185. The Morgan fingerprint density at radius 3 is 1.96 bits per heavy atom. The Kier molecular flexibility index (Phi) is 4.78. The quantitative estimate of drug-likeness (QED) is 0.596. The number of aromatic hydroxyl groups is 1. The topological polar surface area (TPSA) is 50.2 Å². The molecule has 0 spiro atoms. The van der Waals surface area contributed by atoms with Gasteiger partial charge in [-0.15, -0.1) is 0 Å². The molecule has 128 valence electrons. The van der Waals surface area contributed by atoms with Gasteiger partial charge >= 0.3 is 0 Å². The molecule has 3 nitrogen and oxygen atoms in total. The summed E-state index contributed by atoms with van der Waals surface area (Å²) in [6, 6.07) is 6.87. The summed E-state index contributed by atoms with van der Waals surface area (Å²) in [5, 5.41) is 10.9. The van der Waals surface area contributed by atoms with Crippen LogP contribution < -0.4 is 0 Å². The van der Waals surface area contributed by atoms with Crippen LogP contribution in [0.25, 0.3) is 0 Å². The van der Waals surface area contributed by atoms with Crippen LogP contribution in [0.1, 0.15) is 68.6 Å². The highest BCUT2D eigenvalue weighted by molar-refractivity contribution is 6.33. The van der Waals surface area contributed by atoms with Crippen LogP contribution in [0.2, 0.25) is 5.15 Å². The maximum atomic E-state index is 12.9. The highest BCUT2D eigenvalue weighted by Crippen LogP contribution is 2.40. The molecule has 0 atom stereocenters. The van der Waals surface area contributed by atoms with E-state index in [2.05, 4.69) is 4.98 Å². The minimum atomic E-state index is -0.293. The van der Waals surface area contributed by atoms with Crippen LogP contribution in [0.3, 0.4) is 0 Å². The summed E-state index contributed by atoms with van der Waals surface area (Å²) in [5.74, 6) is 0.0629. The molecule has 0 bridgehead atoms. The number of ketones is 1. The van der Waals surface area contributed by atoms with Crippen LogP contribution in [0.4, 0.5) is 0 Å². The van der Waals surface area contributed by atoms with Crippen LogP contribution in [0, 0.1) is 0 Å². The molecule has 0 fully saturated rings. The van der Waals surface area contributed by atoms with Crippen molar-refractivity contribution in [3.05, 3.63) is 57.9 Å². The van der Waals surface area contributed by atoms with E-state index in [1.54, 1.807) is 30.5 Å². The molecule has 4 heteroatoms. The number of benzene rings is 1. The molecule has 24 heavy (non-hydrogen) atoms. The molecule has 1 heterocycles. The molecule has 0 radical (unpaired) electrons. The number of aromatic nitrogens is 1. The maximum absolute atomic E-state index is 12.9. The second-order valence-electron chi connectivity index (χ2n) is 8.09. The van der Waals surface area contributed by atoms with E-state index < -0.39 is 0 Å². The molecule has 1 aromatic carbocycles. The molecule has 0 saturated carbocycles. The smallest absolute Gasteiger partial charge is 0.196 e. The largest absolute Gasteiger partial charge is 0.507 e. The SMILES string of the molecule is CC(C)(C)c1cc(C(=O)c2cccnc2Cl)cc(C(C)(C)C)c1O. The number of carbonyl (C=O) groups excluding carboxylic acids is 1. The predicted octanol–water partition coefficient (Wildman–Crippen LogP) is 5.27. The monoisotopic (exact) mass is 345 g/mol. The maximum Gasteiger partial charge on any atom is 0.196 e. The molecule has 0 aliphatic rings. The molecule has 0 unspecified atom stereocenters. The molecular formula is C20H24ClNO2. The third kappa shape index (κ3) is 3.62. The first-order valence-corrected chi connectivity index (χ1v) is 8.34. The molecule has 0 aliphatic carbocycles. The van der Waals surface area contributed by atoms with Crippen molar-refractivity contribution in [2.24, 2.45) is 0 Å². The van der Waals surface area contributed by atoms with Crippen LogP contribution in [0.5, 0.6) is 5.75 Å². The molecular weight excluding hydrogens is 322 g/mol. The van der Waals surface area contributed by atoms with E-state index in [1.165, 1.54) is 0 Å². The number of halogens is 1. The van der Waals surface area contributed by atoms with Gasteiger partial charge in [0.1, 0.15) is 10.9 Å². The van der Waals surface area contributed by atoms with E-state index in [1.807, 2.05) is 41.5 Å². The van der Waals surface area contributed by atoms with E-state index >= 15 is 0 Å². The number of phenolic OH excluding ortho intramolecular Hbond substituents is 1. The van der Waals surface area contributed by atoms with Gasteiger partial charge in [-0.2, -0.15) is 0 Å². The zero-order valence-electron chi connectivity index (χ0n) is 15.1. The lowest BCUT2D eigenvalue weighted by Crippen LogP contribution is -2.19. The Hall–Kier alpha value is -1.87. The fourth-order valence-electron chi connectivity index (χ4n) is 2.62. The van der Waals surface area contributed by atoms with Crippen molar-refractivity contribution in [3.63, 3.8) is 0 Å². The Balaban J connectivity index is 2.72. The summed E-state index contributed by atoms with van der Waals surface area (Å²) in [5.41, 5.74) is 1.79. The molecule has 2 aromatic rings. The van der Waals surface area contributed by atoms with Crippen LogP contribution in [0.15, 0.2) is 30.5 Å². The summed E-state index contributed by atoms with van der Waals surface area (Å²) in [4.78, 5) is 16.9. The lowest BCUT2D eigenvalue weighted by atomic mass is 9.78. The Morgan fingerprint density at radius 2 is 1.54 bits per heavy atom. The van der Waals surface area contributed by atoms with Crippen LogP contribution >= 0.6 is 11.6 Å². The molecule has 0 saturated heterocycles. The van der Waals surface area contributed by atoms with Crippen molar-refractivity contribution in [1.29, 1.82) is 0 Å². The first kappa shape index (κ1) is 18.5. The van der Waals surface area contributed by atoms with Gasteiger partial charge < -0.3 is 5.11 Å². The fourth-order valence-corrected chi connectivity index (χ4v) is 2.83. The minimum Gasteiger partial charge on any atom is -0.507 e. The first-order chi connectivity index (χ1) is 10.9. The van der Waals surface area contributed by atoms with Gasteiger partial charge in [-0.05, 0) is 35.1 Å². The first-order valence-electron chi connectivity index (χ1n) is 7.96. The highest BCUT2D eigenvalue weighted by Gasteiger charge is 2.28. The van der Waals surface area contributed by atoms with E-state index in [-0.39, 0.29) is 27.5 Å². The average molecular weight is 346 g/mol. The number of phenols is 1. The molecule has 2 rings (SSSR count). The van der Waals surface area contributed by atoms with Gasteiger partial charge in [0, 0.05) is 22.9 Å². The van der Waals surface area contributed by atoms with E-state index in [9.17, 15) is 9.90 Å². The number of carbonyl (C=O) groups is 1. The fraction of sp³-hybridized carbons (Fsp3) is 0.400. The summed E-state index contributed by atoms with van der Waals surface area (Å²) in [7, 11) is 0. The summed E-state index contributed by atoms with van der Waals surface area (Å²) in [6.45, 7) is 12.1. The van der Waals surface area contributed by atoms with Crippen LogP contribution in [-0.4, -0.2) is 15.9 Å². The molecule has 0 aliphatic heterocycles. The van der Waals surface area contributed by atoms with Gasteiger partial charge in [0.2, 0.25) is 0 Å². The van der Waals surface area contributed by atoms with E-state index in [4.69, 9.17) is 11.6 Å². The van der Waals surface area contributed by atoms with Crippen molar-refractivity contribution in [3.8, 4) is 5.75 Å². The molecule has 0 amide bonds. The lowest BCUT2D eigenvalue weighted by molar-refractivity contribution is 0.103. The summed E-state index contributed by atoms with van der Waals surface area (Å²) in [6.07, 6.45) is 1.55. The average Bonchev–Trinajstić information content (AvgIpc) is 2.45. The van der Waals surface area contributed by atoms with E-state index in [0.717, 1.165) is 11.1 Å². The number of hydrogen-bond donors (Lipinski definition) is 1. The van der Waals surface area contributed by atoms with Gasteiger partial charge in [0.05, 0.1) is 5.56 Å². The normalized spacial score (nSPS) is 12.3. The second kappa shape index (κ2) is 6.21. The summed E-state index contributed by atoms with van der Waals surface area (Å²) < 4.78 is 0. The van der Waals surface area contributed by atoms with Gasteiger partial charge in [-0.1, -0.05) is 53.1 Å². The van der Waals surface area contributed by atoms with Crippen molar-refractivity contribution in [2.45, 2.75) is 52.4 Å². The predicted molar refractivity (Wildman–Crippen MR) is 98.2 cm³/mol. The van der Waals surface area contributed by atoms with Crippen molar-refractivity contribution >= 4 is 17.4 Å². The van der Waals surface area contributed by atoms with E-state index in [0.29, 0.717) is 11.1 Å². The Bertz CT molecular complexity index is 748. The van der Waals surface area contributed by atoms with Crippen molar-refractivity contribution < 1.29 is 9.90 Å². The third-order valence-electron chi connectivity index (χ3n) is 3.99. The van der Waals surface area contributed by atoms with Gasteiger partial charge in [0.15, 0.2) is 5.78 Å². The standard InChI is InChI=1S/C20H24ClNO2/c1-19(2,3)14-10-12(11-15(17(14)24)20(4,5)6)16(23)13-8-7-9-22-18(13)21/h7-11,24H,1-6H3. The van der Waals surface area contributed by atoms with Crippen LogP contribution in [-0.2, 0) is 10.8 Å². The molecule has 1 N–H and O–H groups in total. The van der Waals surface area contributed by atoms with Gasteiger partial charge in [0.25, 0.3) is 0 Å². The Morgan fingerprint density at radius 1 is 1.04 bits per heavy atom. The summed E-state index contributed by atoms with van der Waals surface area (Å²) >= 11 is 6.08. The highest BCUT2D eigenvalue weighted by atomic mass is 35.5. The lowest BCUT2D eigenvalue weighted by Gasteiger charge is -2.28. The number of hydrogen-bond acceptors (Lipinski definition) is 3. The van der Waals surface area contributed by atoms with Gasteiger partial charge in [-0.3, -0.25) is 4.79 Å². The molecule has 1 aromatic heterocycles.